The molecule has 8 heteroatoms. The summed E-state index contributed by atoms with van der Waals surface area (Å²) in [5.41, 5.74) is 2.82. The van der Waals surface area contributed by atoms with E-state index in [0.29, 0.717) is 34.6 Å². The Kier molecular flexibility index (Phi) is 3.99. The summed E-state index contributed by atoms with van der Waals surface area (Å²) in [7, 11) is 2.90. The Morgan fingerprint density at radius 2 is 1.79 bits per heavy atom. The number of hydrogen-bond donors (Lipinski definition) is 2. The lowest BCUT2D eigenvalue weighted by Crippen LogP contribution is -2.30. The Hall–Kier alpha value is -3.13. The van der Waals surface area contributed by atoms with Gasteiger partial charge in [-0.2, -0.15) is 0 Å². The maximum Gasteiger partial charge on any atom is 0.309 e. The largest absolute Gasteiger partial charge is 0.502 e. The Balaban J connectivity index is 1.77. The van der Waals surface area contributed by atoms with Crippen LogP contribution in [0.25, 0.3) is 11.1 Å². The molecule has 3 atom stereocenters. The second kappa shape index (κ2) is 6.45. The van der Waals surface area contributed by atoms with Gasteiger partial charge in [-0.05, 0) is 41.3 Å². The number of cyclic esters (lactones) is 1. The predicted molar refractivity (Wildman–Crippen MR) is 99.4 cm³/mol. The molecule has 5 rings (SSSR count). The van der Waals surface area contributed by atoms with Gasteiger partial charge >= 0.3 is 5.97 Å². The zero-order chi connectivity index (χ0) is 20.3. The van der Waals surface area contributed by atoms with E-state index in [4.69, 9.17) is 23.7 Å². The number of aliphatic hydroxyl groups is 1. The van der Waals surface area contributed by atoms with E-state index in [-0.39, 0.29) is 42.5 Å². The van der Waals surface area contributed by atoms with Gasteiger partial charge in [0.2, 0.25) is 12.5 Å². The predicted octanol–water partition coefficient (Wildman–Crippen LogP) is 2.18. The van der Waals surface area contributed by atoms with Crippen molar-refractivity contribution in [1.82, 2.24) is 0 Å². The number of ether oxygens (including phenoxy) is 5. The van der Waals surface area contributed by atoms with Crippen LogP contribution in [0.2, 0.25) is 0 Å². The fourth-order valence-electron chi connectivity index (χ4n) is 4.50. The molecule has 8 nitrogen and oxygen atoms in total. The molecule has 2 aromatic carbocycles. The Bertz CT molecular complexity index is 989. The monoisotopic (exact) mass is 400 g/mol. The van der Waals surface area contributed by atoms with Gasteiger partial charge in [-0.1, -0.05) is 0 Å². The SMILES string of the molecule is COc1cc(-c2c3c(cc4c2OCO4)C(O)C2COC(=O)C2C3)cc(OC)c1O. The van der Waals surface area contributed by atoms with E-state index in [1.165, 1.54) is 14.2 Å². The summed E-state index contributed by atoms with van der Waals surface area (Å²) < 4.78 is 27.1. The Morgan fingerprint density at radius 3 is 2.48 bits per heavy atom. The lowest BCUT2D eigenvalue weighted by atomic mass is 9.73. The van der Waals surface area contributed by atoms with Crippen molar-refractivity contribution in [1.29, 1.82) is 0 Å². The van der Waals surface area contributed by atoms with E-state index in [2.05, 4.69) is 0 Å². The zero-order valence-corrected chi connectivity index (χ0v) is 15.9. The minimum Gasteiger partial charge on any atom is -0.502 e. The molecule has 1 saturated heterocycles. The number of phenols is 1. The quantitative estimate of drug-likeness (QED) is 0.756. The van der Waals surface area contributed by atoms with Crippen molar-refractivity contribution in [3.8, 4) is 39.9 Å². The van der Waals surface area contributed by atoms with Gasteiger partial charge < -0.3 is 33.9 Å². The van der Waals surface area contributed by atoms with E-state index in [1.54, 1.807) is 18.2 Å². The van der Waals surface area contributed by atoms with Gasteiger partial charge in [-0.15, -0.1) is 0 Å². The fourth-order valence-corrected chi connectivity index (χ4v) is 4.50. The molecular formula is C21H20O8. The molecule has 0 spiro atoms. The molecule has 2 heterocycles. The maximum absolute atomic E-state index is 12.2. The third-order valence-corrected chi connectivity index (χ3v) is 5.96. The molecule has 1 fully saturated rings. The van der Waals surface area contributed by atoms with Crippen LogP contribution in [0.4, 0.5) is 0 Å². The molecule has 0 amide bonds. The van der Waals surface area contributed by atoms with Crippen molar-refractivity contribution in [2.75, 3.05) is 27.6 Å². The number of methoxy groups -OCH3 is 2. The van der Waals surface area contributed by atoms with E-state index in [1.807, 2.05) is 0 Å². The van der Waals surface area contributed by atoms with Gasteiger partial charge in [0.1, 0.15) is 0 Å². The van der Waals surface area contributed by atoms with Crippen LogP contribution in [-0.2, 0) is 16.0 Å². The number of carbonyl (C=O) groups excluding carboxylic acids is 1. The molecule has 2 aliphatic heterocycles. The first-order valence-corrected chi connectivity index (χ1v) is 9.29. The summed E-state index contributed by atoms with van der Waals surface area (Å²) in [5, 5.41) is 21.3. The topological polar surface area (TPSA) is 104 Å². The van der Waals surface area contributed by atoms with Crippen LogP contribution in [0.15, 0.2) is 18.2 Å². The highest BCUT2D eigenvalue weighted by Gasteiger charge is 2.47. The minimum absolute atomic E-state index is 0.0581. The number of carbonyl (C=O) groups is 1. The first-order valence-electron chi connectivity index (χ1n) is 9.29. The smallest absolute Gasteiger partial charge is 0.309 e. The average Bonchev–Trinajstić information content (AvgIpc) is 3.34. The van der Waals surface area contributed by atoms with Crippen LogP contribution in [-0.4, -0.2) is 43.8 Å². The van der Waals surface area contributed by atoms with E-state index in [9.17, 15) is 15.0 Å². The van der Waals surface area contributed by atoms with Gasteiger partial charge in [0.05, 0.1) is 32.8 Å². The number of benzene rings is 2. The summed E-state index contributed by atoms with van der Waals surface area (Å²) in [6.07, 6.45) is -0.447. The molecule has 2 N–H and O–H groups in total. The molecule has 3 unspecified atom stereocenters. The summed E-state index contributed by atoms with van der Waals surface area (Å²) in [6.45, 7) is 0.261. The standard InChI is InChI=1S/C21H20O8/c1-25-14-3-9(4-15(26-2)19(14)23)17-10-5-12-13(7-27-21(12)24)18(22)11(10)6-16-20(17)29-8-28-16/h3-4,6,12-13,18,22-23H,5,7-8H2,1-2H3. The van der Waals surface area contributed by atoms with E-state index in [0.717, 1.165) is 5.56 Å². The molecule has 1 aliphatic carbocycles. The van der Waals surface area contributed by atoms with Crippen molar-refractivity contribution in [3.63, 3.8) is 0 Å². The lowest BCUT2D eigenvalue weighted by Gasteiger charge is -2.31. The average molecular weight is 400 g/mol. The Labute approximate surface area is 166 Å². The van der Waals surface area contributed by atoms with Crippen LogP contribution in [0.5, 0.6) is 28.7 Å². The van der Waals surface area contributed by atoms with Gasteiger partial charge in [0.25, 0.3) is 0 Å². The Morgan fingerprint density at radius 1 is 1.07 bits per heavy atom. The lowest BCUT2D eigenvalue weighted by molar-refractivity contribution is -0.141. The number of hydrogen-bond acceptors (Lipinski definition) is 8. The van der Waals surface area contributed by atoms with Crippen molar-refractivity contribution in [2.24, 2.45) is 11.8 Å². The summed E-state index contributed by atoms with van der Waals surface area (Å²) >= 11 is 0. The fraction of sp³-hybridized carbons (Fsp3) is 0.381. The summed E-state index contributed by atoms with van der Waals surface area (Å²) in [5.74, 6) is 0.395. The molecule has 29 heavy (non-hydrogen) atoms. The number of fused-ring (bicyclic) bond motifs is 3. The first kappa shape index (κ1) is 17.9. The second-order valence-electron chi connectivity index (χ2n) is 7.33. The zero-order valence-electron chi connectivity index (χ0n) is 15.9. The third kappa shape index (κ3) is 2.52. The molecule has 2 aromatic rings. The number of esters is 1. The van der Waals surface area contributed by atoms with E-state index < -0.39 is 12.0 Å². The maximum atomic E-state index is 12.2. The highest BCUT2D eigenvalue weighted by atomic mass is 16.7. The normalized spacial score (nSPS) is 24.0. The third-order valence-electron chi connectivity index (χ3n) is 5.96. The number of aliphatic hydroxyl groups excluding tert-OH is 1. The number of aromatic hydroxyl groups is 1. The molecule has 152 valence electrons. The van der Waals surface area contributed by atoms with Gasteiger partial charge in [-0.25, -0.2) is 0 Å². The summed E-state index contributed by atoms with van der Waals surface area (Å²) in [6, 6.07) is 5.11. The first-order chi connectivity index (χ1) is 14.0. The molecule has 3 aliphatic rings. The van der Waals surface area contributed by atoms with Gasteiger partial charge in [-0.3, -0.25) is 4.79 Å². The van der Waals surface area contributed by atoms with Gasteiger partial charge in [0, 0.05) is 11.5 Å². The van der Waals surface area contributed by atoms with Crippen molar-refractivity contribution < 1.29 is 38.7 Å². The number of rotatable bonds is 3. The van der Waals surface area contributed by atoms with Crippen LogP contribution >= 0.6 is 0 Å². The molecule has 0 saturated carbocycles. The number of phenolic OH excluding ortho intramolecular Hbond substituents is 1. The second-order valence-corrected chi connectivity index (χ2v) is 7.33. The highest BCUT2D eigenvalue weighted by molar-refractivity contribution is 5.84. The van der Waals surface area contributed by atoms with E-state index >= 15 is 0 Å². The van der Waals surface area contributed by atoms with Crippen LogP contribution < -0.4 is 18.9 Å². The van der Waals surface area contributed by atoms with Crippen LogP contribution in [0.3, 0.4) is 0 Å². The van der Waals surface area contributed by atoms with Crippen LogP contribution in [0.1, 0.15) is 17.2 Å². The minimum atomic E-state index is -0.857. The highest BCUT2D eigenvalue weighted by Crippen LogP contribution is 2.54. The molecule has 0 bridgehead atoms. The van der Waals surface area contributed by atoms with Crippen molar-refractivity contribution in [2.45, 2.75) is 12.5 Å². The van der Waals surface area contributed by atoms with Crippen molar-refractivity contribution in [3.05, 3.63) is 29.3 Å². The van der Waals surface area contributed by atoms with Gasteiger partial charge in [0.15, 0.2) is 23.0 Å². The molecule has 0 aromatic heterocycles. The van der Waals surface area contributed by atoms with Crippen molar-refractivity contribution >= 4 is 5.97 Å². The summed E-state index contributed by atoms with van der Waals surface area (Å²) in [4.78, 5) is 12.2. The molecule has 0 radical (unpaired) electrons. The molecular weight excluding hydrogens is 380 g/mol. The van der Waals surface area contributed by atoms with Crippen LogP contribution in [0, 0.1) is 11.8 Å².